The summed E-state index contributed by atoms with van der Waals surface area (Å²) in [5.74, 6) is 0.634. The second-order valence-corrected chi connectivity index (χ2v) is 9.16. The molecule has 7 nitrogen and oxygen atoms in total. The summed E-state index contributed by atoms with van der Waals surface area (Å²) >= 11 is 0. The van der Waals surface area contributed by atoms with Crippen LogP contribution in [0.1, 0.15) is 33.6 Å². The molecule has 2 N–H and O–H groups in total. The number of allylic oxidation sites excluding steroid dienone is 1. The van der Waals surface area contributed by atoms with Crippen LogP contribution in [0.4, 0.5) is 16.2 Å². The lowest BCUT2D eigenvalue weighted by atomic mass is 9.99. The van der Waals surface area contributed by atoms with Crippen molar-refractivity contribution in [2.24, 2.45) is 0 Å². The number of carbonyl (C=O) groups excluding carboxylic acids is 2. The molecule has 0 spiro atoms. The van der Waals surface area contributed by atoms with Crippen molar-refractivity contribution in [3.63, 3.8) is 0 Å². The number of amides is 3. The van der Waals surface area contributed by atoms with Crippen molar-refractivity contribution in [2.75, 3.05) is 30.4 Å². The number of anilines is 2. The molecule has 2 aliphatic rings. The Kier molecular flexibility index (Phi) is 5.81. The molecule has 0 radical (unpaired) electrons. The number of benzene rings is 3. The monoisotopic (exact) mass is 490 g/mol. The van der Waals surface area contributed by atoms with Gasteiger partial charge in [0, 0.05) is 29.9 Å². The number of ether oxygens (including phenoxy) is 1. The van der Waals surface area contributed by atoms with Crippen LogP contribution in [0.3, 0.4) is 0 Å². The third kappa shape index (κ3) is 4.29. The summed E-state index contributed by atoms with van der Waals surface area (Å²) in [6.45, 7) is 1.21. The minimum Gasteiger partial charge on any atom is -0.497 e. The van der Waals surface area contributed by atoms with Gasteiger partial charge in [-0.1, -0.05) is 36.4 Å². The number of urea groups is 1. The fourth-order valence-corrected chi connectivity index (χ4v) is 5.10. The number of methoxy groups -OCH3 is 1. The van der Waals surface area contributed by atoms with Crippen LogP contribution in [0.2, 0.25) is 0 Å². The zero-order chi connectivity index (χ0) is 25.4. The number of nitrogens with zero attached hydrogens (tertiary/aromatic N) is 2. The highest BCUT2D eigenvalue weighted by Gasteiger charge is 2.27. The predicted octanol–water partition coefficient (Wildman–Crippen LogP) is 5.51. The zero-order valence-electron chi connectivity index (χ0n) is 20.5. The molecule has 0 saturated carbocycles. The molecule has 1 saturated heterocycles. The number of para-hydroxylation sites is 1. The maximum Gasteiger partial charge on any atom is 0.321 e. The molecule has 6 rings (SSSR count). The van der Waals surface area contributed by atoms with E-state index >= 15 is 0 Å². The van der Waals surface area contributed by atoms with Crippen molar-refractivity contribution >= 4 is 45.9 Å². The molecule has 1 fully saturated rings. The average molecular weight is 491 g/mol. The van der Waals surface area contributed by atoms with Gasteiger partial charge in [-0.15, -0.1) is 0 Å². The highest BCUT2D eigenvalue weighted by atomic mass is 16.5. The third-order valence-corrected chi connectivity index (χ3v) is 6.90. The van der Waals surface area contributed by atoms with Crippen LogP contribution < -0.4 is 20.3 Å². The van der Waals surface area contributed by atoms with E-state index in [9.17, 15) is 9.59 Å². The van der Waals surface area contributed by atoms with E-state index in [1.165, 1.54) is 0 Å². The van der Waals surface area contributed by atoms with Gasteiger partial charge in [0.05, 0.1) is 23.9 Å². The quantitative estimate of drug-likeness (QED) is 0.386. The highest BCUT2D eigenvalue weighted by Crippen LogP contribution is 2.38. The van der Waals surface area contributed by atoms with Gasteiger partial charge in [-0.05, 0) is 72.0 Å². The Morgan fingerprint density at radius 3 is 2.68 bits per heavy atom. The summed E-state index contributed by atoms with van der Waals surface area (Å²) < 4.78 is 5.28. The van der Waals surface area contributed by atoms with E-state index in [0.29, 0.717) is 24.3 Å². The normalized spacial score (nSPS) is 15.6. The molecule has 184 valence electrons. The molecule has 37 heavy (non-hydrogen) atoms. The van der Waals surface area contributed by atoms with Crippen LogP contribution in [-0.4, -0.2) is 37.1 Å². The number of pyridine rings is 1. The molecule has 0 bridgehead atoms. The first kappa shape index (κ1) is 22.8. The maximum absolute atomic E-state index is 13.8. The van der Waals surface area contributed by atoms with Crippen molar-refractivity contribution in [3.8, 4) is 5.75 Å². The first-order valence-electron chi connectivity index (χ1n) is 12.3. The summed E-state index contributed by atoms with van der Waals surface area (Å²) in [5, 5.41) is 6.72. The van der Waals surface area contributed by atoms with Crippen LogP contribution in [0.5, 0.6) is 5.75 Å². The number of nitrogens with one attached hydrogen (secondary N) is 2. The SMILES string of the molecule is COc1ccc(C=C2CCc3c2nc2ccccc2c3C(=O)Nc2cccc(N3CCNC3=O)c2)cc1. The maximum atomic E-state index is 13.8. The molecule has 1 aromatic heterocycles. The van der Waals surface area contributed by atoms with Crippen molar-refractivity contribution in [2.45, 2.75) is 12.8 Å². The number of aromatic nitrogens is 1. The Hall–Kier alpha value is -4.65. The third-order valence-electron chi connectivity index (χ3n) is 6.90. The first-order valence-corrected chi connectivity index (χ1v) is 12.3. The molecule has 0 unspecified atom stereocenters. The first-order chi connectivity index (χ1) is 18.1. The van der Waals surface area contributed by atoms with Gasteiger partial charge in [-0.25, -0.2) is 9.78 Å². The smallest absolute Gasteiger partial charge is 0.321 e. The summed E-state index contributed by atoms with van der Waals surface area (Å²) in [6, 6.07) is 23.0. The molecule has 1 aliphatic heterocycles. The summed E-state index contributed by atoms with van der Waals surface area (Å²) in [4.78, 5) is 32.5. The summed E-state index contributed by atoms with van der Waals surface area (Å²) in [7, 11) is 1.65. The lowest BCUT2D eigenvalue weighted by Crippen LogP contribution is -2.27. The molecule has 2 heterocycles. The number of rotatable bonds is 5. The van der Waals surface area contributed by atoms with Crippen molar-refractivity contribution in [1.82, 2.24) is 10.3 Å². The van der Waals surface area contributed by atoms with E-state index < -0.39 is 0 Å². The van der Waals surface area contributed by atoms with E-state index in [1.807, 2.05) is 72.8 Å². The Morgan fingerprint density at radius 1 is 1.05 bits per heavy atom. The van der Waals surface area contributed by atoms with Gasteiger partial charge in [0.1, 0.15) is 5.75 Å². The minimum absolute atomic E-state index is 0.127. The highest BCUT2D eigenvalue weighted by molar-refractivity contribution is 6.15. The van der Waals surface area contributed by atoms with Crippen molar-refractivity contribution < 1.29 is 14.3 Å². The largest absolute Gasteiger partial charge is 0.497 e. The Morgan fingerprint density at radius 2 is 1.89 bits per heavy atom. The Labute approximate surface area is 214 Å². The van der Waals surface area contributed by atoms with E-state index in [1.54, 1.807) is 12.0 Å². The number of hydrogen-bond acceptors (Lipinski definition) is 4. The Bertz CT molecular complexity index is 1560. The van der Waals surface area contributed by atoms with E-state index in [-0.39, 0.29) is 11.9 Å². The van der Waals surface area contributed by atoms with E-state index in [4.69, 9.17) is 9.72 Å². The molecule has 3 aromatic carbocycles. The second-order valence-electron chi connectivity index (χ2n) is 9.16. The lowest BCUT2D eigenvalue weighted by Gasteiger charge is -2.16. The second kappa shape index (κ2) is 9.43. The summed E-state index contributed by atoms with van der Waals surface area (Å²) in [5.41, 5.74) is 6.85. The minimum atomic E-state index is -0.177. The number of carbonyl (C=O) groups is 2. The lowest BCUT2D eigenvalue weighted by molar-refractivity contribution is 0.102. The van der Waals surface area contributed by atoms with Crippen LogP contribution in [-0.2, 0) is 6.42 Å². The van der Waals surface area contributed by atoms with E-state index in [0.717, 1.165) is 57.6 Å². The standard InChI is InChI=1S/C30H26N4O3/c1-37-23-12-9-19(10-13-23)17-20-11-14-25-27(24-7-2-3-8-26(24)33-28(20)25)29(35)32-21-5-4-6-22(18-21)34-16-15-31-30(34)36/h2-10,12-13,17-18H,11,14-16H2,1H3,(H,31,36)(H,32,35). The average Bonchev–Trinajstić information content (AvgIpc) is 3.53. The van der Waals surface area contributed by atoms with Gasteiger partial charge in [-0.3, -0.25) is 9.69 Å². The zero-order valence-corrected chi connectivity index (χ0v) is 20.5. The van der Waals surface area contributed by atoms with Gasteiger partial charge in [0.2, 0.25) is 0 Å². The van der Waals surface area contributed by atoms with Crippen LogP contribution in [0.15, 0.2) is 72.8 Å². The van der Waals surface area contributed by atoms with Gasteiger partial charge in [-0.2, -0.15) is 0 Å². The molecule has 0 atom stereocenters. The molecule has 1 aliphatic carbocycles. The molecular weight excluding hydrogens is 464 g/mol. The summed E-state index contributed by atoms with van der Waals surface area (Å²) in [6.07, 6.45) is 3.69. The number of fused-ring (bicyclic) bond motifs is 2. The molecule has 7 heteroatoms. The predicted molar refractivity (Wildman–Crippen MR) is 146 cm³/mol. The topological polar surface area (TPSA) is 83.6 Å². The van der Waals surface area contributed by atoms with Gasteiger partial charge < -0.3 is 15.4 Å². The fourth-order valence-electron chi connectivity index (χ4n) is 5.10. The Balaban J connectivity index is 1.37. The van der Waals surface area contributed by atoms with Gasteiger partial charge >= 0.3 is 6.03 Å². The number of hydrogen-bond donors (Lipinski definition) is 2. The van der Waals surface area contributed by atoms with Crippen LogP contribution in [0.25, 0.3) is 22.6 Å². The molecule has 3 amide bonds. The van der Waals surface area contributed by atoms with Gasteiger partial charge in [0.15, 0.2) is 0 Å². The molecular formula is C30H26N4O3. The van der Waals surface area contributed by atoms with Crippen LogP contribution in [0, 0.1) is 0 Å². The fraction of sp³-hybridized carbons (Fsp3) is 0.167. The molecule has 4 aromatic rings. The van der Waals surface area contributed by atoms with Crippen molar-refractivity contribution in [3.05, 3.63) is 95.2 Å². The van der Waals surface area contributed by atoms with Crippen LogP contribution >= 0.6 is 0 Å². The van der Waals surface area contributed by atoms with E-state index in [2.05, 4.69) is 16.7 Å². The van der Waals surface area contributed by atoms with Crippen molar-refractivity contribution in [1.29, 1.82) is 0 Å². The van der Waals surface area contributed by atoms with Gasteiger partial charge in [0.25, 0.3) is 5.91 Å².